The van der Waals surface area contributed by atoms with Crippen molar-refractivity contribution in [1.82, 2.24) is 5.32 Å². The average molecular weight is 340 g/mol. The van der Waals surface area contributed by atoms with Gasteiger partial charge < -0.3 is 5.32 Å². The third-order valence-corrected chi connectivity index (χ3v) is 4.49. The highest BCUT2D eigenvalue weighted by atomic mass is 79.9. The molecule has 0 saturated carbocycles. The Bertz CT molecular complexity index is 351. The zero-order valence-corrected chi connectivity index (χ0v) is 14.7. The summed E-state index contributed by atoms with van der Waals surface area (Å²) >= 11 is 3.69. The number of hydrogen-bond donors (Lipinski definition) is 1. The molecule has 0 aliphatic rings. The van der Waals surface area contributed by atoms with Crippen LogP contribution in [0.1, 0.15) is 76.8 Å². The van der Waals surface area contributed by atoms with Gasteiger partial charge >= 0.3 is 0 Å². The summed E-state index contributed by atoms with van der Waals surface area (Å²) in [4.78, 5) is 0. The van der Waals surface area contributed by atoms with Crippen LogP contribution in [0.25, 0.3) is 0 Å². The van der Waals surface area contributed by atoms with Crippen molar-refractivity contribution >= 4 is 15.9 Å². The molecule has 0 amide bonds. The number of unbranched alkanes of at least 4 members (excludes halogenated alkanes) is 5. The zero-order chi connectivity index (χ0) is 14.6. The topological polar surface area (TPSA) is 12.0 Å². The van der Waals surface area contributed by atoms with Crippen LogP contribution in [0.4, 0.5) is 0 Å². The van der Waals surface area contributed by atoms with Crippen LogP contribution in [0.15, 0.2) is 28.7 Å². The highest BCUT2D eigenvalue weighted by Gasteiger charge is 2.12. The van der Waals surface area contributed by atoms with Gasteiger partial charge in [-0.1, -0.05) is 86.5 Å². The van der Waals surface area contributed by atoms with Gasteiger partial charge in [-0.3, -0.25) is 0 Å². The summed E-state index contributed by atoms with van der Waals surface area (Å²) in [6.07, 6.45) is 10.6. The first-order valence-corrected chi connectivity index (χ1v) is 9.06. The molecule has 0 spiro atoms. The van der Waals surface area contributed by atoms with Crippen molar-refractivity contribution < 1.29 is 0 Å². The first kappa shape index (κ1) is 17.7. The van der Waals surface area contributed by atoms with E-state index >= 15 is 0 Å². The smallest absolute Gasteiger partial charge is 0.0331 e. The van der Waals surface area contributed by atoms with E-state index in [-0.39, 0.29) is 0 Å². The molecule has 1 aromatic carbocycles. The van der Waals surface area contributed by atoms with Gasteiger partial charge in [0.1, 0.15) is 0 Å². The molecule has 0 aromatic heterocycles. The SMILES string of the molecule is CCCCCCCCC(NCCC)c1ccccc1Br. The minimum atomic E-state index is 0.497. The Labute approximate surface area is 133 Å². The number of halogens is 1. The van der Waals surface area contributed by atoms with Gasteiger partial charge in [0, 0.05) is 10.5 Å². The molecule has 20 heavy (non-hydrogen) atoms. The lowest BCUT2D eigenvalue weighted by Gasteiger charge is -2.20. The second kappa shape index (κ2) is 11.3. The Hall–Kier alpha value is -0.340. The van der Waals surface area contributed by atoms with Gasteiger partial charge in [0.05, 0.1) is 0 Å². The molecule has 0 fully saturated rings. The van der Waals surface area contributed by atoms with E-state index in [2.05, 4.69) is 59.4 Å². The van der Waals surface area contributed by atoms with Crippen molar-refractivity contribution in [3.8, 4) is 0 Å². The molecule has 1 unspecified atom stereocenters. The number of benzene rings is 1. The normalized spacial score (nSPS) is 12.6. The number of nitrogens with one attached hydrogen (secondary N) is 1. The Morgan fingerprint density at radius 1 is 0.950 bits per heavy atom. The maximum atomic E-state index is 3.70. The molecular formula is C18H30BrN. The monoisotopic (exact) mass is 339 g/mol. The van der Waals surface area contributed by atoms with Crippen molar-refractivity contribution in [3.05, 3.63) is 34.3 Å². The van der Waals surface area contributed by atoms with Crippen molar-refractivity contribution in [1.29, 1.82) is 0 Å². The standard InChI is InChI=1S/C18H30BrN/c1-3-5-6-7-8-9-14-18(20-15-4-2)16-12-10-11-13-17(16)19/h10-13,18,20H,3-9,14-15H2,1-2H3. The van der Waals surface area contributed by atoms with E-state index in [0.717, 1.165) is 6.54 Å². The highest BCUT2D eigenvalue weighted by Crippen LogP contribution is 2.27. The van der Waals surface area contributed by atoms with Crippen LogP contribution >= 0.6 is 15.9 Å². The maximum absolute atomic E-state index is 3.70. The van der Waals surface area contributed by atoms with Crippen molar-refractivity contribution in [2.45, 2.75) is 71.3 Å². The third kappa shape index (κ3) is 6.90. The van der Waals surface area contributed by atoms with E-state index in [1.165, 1.54) is 61.4 Å². The summed E-state index contributed by atoms with van der Waals surface area (Å²) in [5.74, 6) is 0. The Morgan fingerprint density at radius 3 is 2.35 bits per heavy atom. The maximum Gasteiger partial charge on any atom is 0.0331 e. The van der Waals surface area contributed by atoms with Crippen molar-refractivity contribution in [2.24, 2.45) is 0 Å². The van der Waals surface area contributed by atoms with E-state index in [0.29, 0.717) is 6.04 Å². The van der Waals surface area contributed by atoms with Gasteiger partial charge in [0.25, 0.3) is 0 Å². The van der Waals surface area contributed by atoms with E-state index < -0.39 is 0 Å². The van der Waals surface area contributed by atoms with E-state index in [4.69, 9.17) is 0 Å². The second-order valence-corrected chi connectivity index (χ2v) is 6.44. The van der Waals surface area contributed by atoms with Crippen molar-refractivity contribution in [2.75, 3.05) is 6.54 Å². The van der Waals surface area contributed by atoms with Crippen LogP contribution in [0, 0.1) is 0 Å². The van der Waals surface area contributed by atoms with Crippen LogP contribution in [0.5, 0.6) is 0 Å². The number of hydrogen-bond acceptors (Lipinski definition) is 1. The molecule has 1 rings (SSSR count). The predicted octanol–water partition coefficient (Wildman–Crippen LogP) is 6.24. The molecule has 0 heterocycles. The van der Waals surface area contributed by atoms with Crippen LogP contribution in [0.3, 0.4) is 0 Å². The zero-order valence-electron chi connectivity index (χ0n) is 13.1. The average Bonchev–Trinajstić information content (AvgIpc) is 2.47. The quantitative estimate of drug-likeness (QED) is 0.470. The summed E-state index contributed by atoms with van der Waals surface area (Å²) in [5.41, 5.74) is 1.41. The molecular weight excluding hydrogens is 310 g/mol. The van der Waals surface area contributed by atoms with Crippen LogP contribution in [-0.4, -0.2) is 6.54 Å². The summed E-state index contributed by atoms with van der Waals surface area (Å²) < 4.78 is 1.24. The predicted molar refractivity (Wildman–Crippen MR) is 93.2 cm³/mol. The first-order chi connectivity index (χ1) is 9.79. The Balaban J connectivity index is 2.42. The van der Waals surface area contributed by atoms with Gasteiger partial charge in [-0.15, -0.1) is 0 Å². The molecule has 0 saturated heterocycles. The van der Waals surface area contributed by atoms with Gasteiger partial charge in [0.15, 0.2) is 0 Å². The lowest BCUT2D eigenvalue weighted by Crippen LogP contribution is -2.22. The molecule has 0 aliphatic carbocycles. The minimum absolute atomic E-state index is 0.497. The number of rotatable bonds is 11. The van der Waals surface area contributed by atoms with E-state index in [1.54, 1.807) is 0 Å². The fraction of sp³-hybridized carbons (Fsp3) is 0.667. The fourth-order valence-corrected chi connectivity index (χ4v) is 3.13. The van der Waals surface area contributed by atoms with Crippen LogP contribution in [0.2, 0.25) is 0 Å². The first-order valence-electron chi connectivity index (χ1n) is 8.27. The molecule has 0 aliphatic heterocycles. The van der Waals surface area contributed by atoms with Crippen molar-refractivity contribution in [3.63, 3.8) is 0 Å². The van der Waals surface area contributed by atoms with E-state index in [1.807, 2.05) is 0 Å². The Morgan fingerprint density at radius 2 is 1.65 bits per heavy atom. The molecule has 0 radical (unpaired) electrons. The molecule has 114 valence electrons. The second-order valence-electron chi connectivity index (χ2n) is 5.58. The highest BCUT2D eigenvalue weighted by molar-refractivity contribution is 9.10. The summed E-state index contributed by atoms with van der Waals surface area (Å²) in [5, 5.41) is 3.70. The third-order valence-electron chi connectivity index (χ3n) is 3.77. The lowest BCUT2D eigenvalue weighted by atomic mass is 9.99. The molecule has 1 nitrogen and oxygen atoms in total. The molecule has 1 atom stereocenters. The summed E-state index contributed by atoms with van der Waals surface area (Å²) in [7, 11) is 0. The molecule has 2 heteroatoms. The fourth-order valence-electron chi connectivity index (χ4n) is 2.57. The molecule has 1 N–H and O–H groups in total. The Kier molecular flexibility index (Phi) is 10.0. The van der Waals surface area contributed by atoms with Gasteiger partial charge in [-0.25, -0.2) is 0 Å². The van der Waals surface area contributed by atoms with E-state index in [9.17, 15) is 0 Å². The largest absolute Gasteiger partial charge is 0.310 e. The van der Waals surface area contributed by atoms with Crippen LogP contribution in [-0.2, 0) is 0 Å². The molecule has 1 aromatic rings. The minimum Gasteiger partial charge on any atom is -0.310 e. The summed E-state index contributed by atoms with van der Waals surface area (Å²) in [6, 6.07) is 9.12. The molecule has 0 bridgehead atoms. The van der Waals surface area contributed by atoms with Gasteiger partial charge in [-0.05, 0) is 31.0 Å². The lowest BCUT2D eigenvalue weighted by molar-refractivity contribution is 0.465. The van der Waals surface area contributed by atoms with Gasteiger partial charge in [-0.2, -0.15) is 0 Å². The summed E-state index contributed by atoms with van der Waals surface area (Å²) in [6.45, 7) is 5.61. The van der Waals surface area contributed by atoms with Crippen LogP contribution < -0.4 is 5.32 Å². The van der Waals surface area contributed by atoms with Gasteiger partial charge in [0.2, 0.25) is 0 Å².